The average Bonchev–Trinajstić information content (AvgIpc) is 2.81. The van der Waals surface area contributed by atoms with Crippen molar-refractivity contribution in [3.8, 4) is 11.6 Å². The molecule has 1 fully saturated rings. The summed E-state index contributed by atoms with van der Waals surface area (Å²) in [4.78, 5) is 4.32. The summed E-state index contributed by atoms with van der Waals surface area (Å²) in [6.07, 6.45) is 1.70. The monoisotopic (exact) mass is 423 g/mol. The van der Waals surface area contributed by atoms with Gasteiger partial charge in [0.25, 0.3) is 0 Å². The highest BCUT2D eigenvalue weighted by atomic mass is 35.5. The first kappa shape index (κ1) is 21.2. The molecule has 5 nitrogen and oxygen atoms in total. The Balaban J connectivity index is 1.52. The molecular formula is C20H24BCl2NO4. The Morgan fingerprint density at radius 2 is 1.54 bits per heavy atom. The molecule has 0 saturated carbocycles. The fourth-order valence-electron chi connectivity index (χ4n) is 2.71. The van der Waals surface area contributed by atoms with E-state index in [1.165, 1.54) is 0 Å². The number of aromatic nitrogens is 1. The Labute approximate surface area is 176 Å². The van der Waals surface area contributed by atoms with Crippen LogP contribution in [-0.4, -0.2) is 36.5 Å². The highest BCUT2D eigenvalue weighted by Gasteiger charge is 2.51. The number of hydrogen-bond acceptors (Lipinski definition) is 5. The number of rotatable bonds is 6. The second-order valence-corrected chi connectivity index (χ2v) is 8.59. The summed E-state index contributed by atoms with van der Waals surface area (Å²) >= 11 is 12.3. The Morgan fingerprint density at radius 1 is 0.964 bits per heavy atom. The molecule has 2 heterocycles. The lowest BCUT2D eigenvalue weighted by Gasteiger charge is -2.32. The van der Waals surface area contributed by atoms with Crippen LogP contribution in [0.2, 0.25) is 10.0 Å². The summed E-state index contributed by atoms with van der Waals surface area (Å²) in [5.41, 5.74) is 1.05. The van der Waals surface area contributed by atoms with E-state index in [-0.39, 0.29) is 11.2 Å². The standard InChI is InChI=1S/C20H24BCl2NO4/c1-13-10-15(22)18(16(23)11-13)26-9-8-25-17-7-6-14(12-24-17)21-27-19(2,3)20(4,5)28-21/h6-7,10-12H,8-9H2,1-5H3. The van der Waals surface area contributed by atoms with Gasteiger partial charge in [0.15, 0.2) is 5.75 Å². The van der Waals surface area contributed by atoms with E-state index in [1.807, 2.05) is 40.7 Å². The molecule has 0 bridgehead atoms. The zero-order chi connectivity index (χ0) is 20.5. The van der Waals surface area contributed by atoms with E-state index < -0.39 is 7.12 Å². The molecule has 0 amide bonds. The predicted molar refractivity (Wildman–Crippen MR) is 112 cm³/mol. The van der Waals surface area contributed by atoms with Crippen LogP contribution in [0.5, 0.6) is 11.6 Å². The first-order valence-electron chi connectivity index (χ1n) is 9.12. The summed E-state index contributed by atoms with van der Waals surface area (Å²) in [7, 11) is -0.444. The van der Waals surface area contributed by atoms with E-state index >= 15 is 0 Å². The number of ether oxygens (including phenoxy) is 2. The van der Waals surface area contributed by atoms with Crippen LogP contribution >= 0.6 is 23.2 Å². The zero-order valence-electron chi connectivity index (χ0n) is 16.7. The second-order valence-electron chi connectivity index (χ2n) is 7.77. The molecule has 0 spiro atoms. The van der Waals surface area contributed by atoms with E-state index in [1.54, 1.807) is 24.4 Å². The van der Waals surface area contributed by atoms with Crippen LogP contribution in [-0.2, 0) is 9.31 Å². The number of aryl methyl sites for hydroxylation is 1. The molecule has 1 saturated heterocycles. The largest absolute Gasteiger partial charge is 0.496 e. The van der Waals surface area contributed by atoms with Gasteiger partial charge in [0, 0.05) is 11.7 Å². The van der Waals surface area contributed by atoms with Crippen molar-refractivity contribution in [2.24, 2.45) is 0 Å². The van der Waals surface area contributed by atoms with Crippen molar-refractivity contribution in [2.45, 2.75) is 45.8 Å². The Bertz CT molecular complexity index is 804. The molecule has 0 radical (unpaired) electrons. The molecular weight excluding hydrogens is 400 g/mol. The lowest BCUT2D eigenvalue weighted by molar-refractivity contribution is 0.00578. The second kappa shape index (κ2) is 8.11. The lowest BCUT2D eigenvalue weighted by Crippen LogP contribution is -2.41. The molecule has 1 aromatic carbocycles. The van der Waals surface area contributed by atoms with Crippen molar-refractivity contribution >= 4 is 35.8 Å². The summed E-state index contributed by atoms with van der Waals surface area (Å²) in [6.45, 7) is 10.6. The minimum atomic E-state index is -0.444. The number of hydrogen-bond donors (Lipinski definition) is 0. The third-order valence-corrected chi connectivity index (χ3v) is 5.57. The normalized spacial score (nSPS) is 17.6. The third kappa shape index (κ3) is 4.57. The lowest BCUT2D eigenvalue weighted by atomic mass is 9.80. The molecule has 1 aliphatic rings. The fraction of sp³-hybridized carbons (Fsp3) is 0.450. The molecule has 28 heavy (non-hydrogen) atoms. The van der Waals surface area contributed by atoms with E-state index in [9.17, 15) is 0 Å². The van der Waals surface area contributed by atoms with Crippen LogP contribution < -0.4 is 14.9 Å². The van der Waals surface area contributed by atoms with Crippen molar-refractivity contribution in [2.75, 3.05) is 13.2 Å². The maximum Gasteiger partial charge on any atom is 0.496 e. The molecule has 8 heteroatoms. The van der Waals surface area contributed by atoms with Gasteiger partial charge < -0.3 is 18.8 Å². The quantitative estimate of drug-likeness (QED) is 0.507. The third-order valence-electron chi connectivity index (χ3n) is 5.01. The molecule has 0 unspecified atom stereocenters. The zero-order valence-corrected chi connectivity index (χ0v) is 18.2. The van der Waals surface area contributed by atoms with Crippen molar-refractivity contribution in [1.29, 1.82) is 0 Å². The van der Waals surface area contributed by atoms with Crippen LogP contribution in [0, 0.1) is 6.92 Å². The van der Waals surface area contributed by atoms with E-state index in [0.29, 0.717) is 34.9 Å². The van der Waals surface area contributed by atoms with Gasteiger partial charge in [0.1, 0.15) is 13.2 Å². The number of halogens is 2. The highest BCUT2D eigenvalue weighted by molar-refractivity contribution is 6.62. The van der Waals surface area contributed by atoms with Gasteiger partial charge in [-0.1, -0.05) is 29.3 Å². The maximum atomic E-state index is 6.16. The van der Waals surface area contributed by atoms with E-state index in [2.05, 4.69) is 4.98 Å². The Kier molecular flexibility index (Phi) is 6.15. The first-order valence-corrected chi connectivity index (χ1v) is 9.87. The van der Waals surface area contributed by atoms with Crippen molar-refractivity contribution < 1.29 is 18.8 Å². The molecule has 0 aliphatic carbocycles. The van der Waals surface area contributed by atoms with Gasteiger partial charge >= 0.3 is 7.12 Å². The van der Waals surface area contributed by atoms with Crippen LogP contribution in [0.25, 0.3) is 0 Å². The highest BCUT2D eigenvalue weighted by Crippen LogP contribution is 2.36. The van der Waals surface area contributed by atoms with Gasteiger partial charge in [-0.05, 0) is 58.4 Å². The van der Waals surface area contributed by atoms with Crippen LogP contribution in [0.3, 0.4) is 0 Å². The SMILES string of the molecule is Cc1cc(Cl)c(OCCOc2ccc(B3OC(C)(C)C(C)(C)O3)cn2)c(Cl)c1. The molecule has 0 atom stereocenters. The van der Waals surface area contributed by atoms with E-state index in [4.69, 9.17) is 42.0 Å². The Hall–Kier alpha value is -1.47. The fourth-order valence-corrected chi connectivity index (χ4v) is 3.42. The van der Waals surface area contributed by atoms with Crippen molar-refractivity contribution in [1.82, 2.24) is 4.98 Å². The molecule has 3 rings (SSSR count). The molecule has 2 aromatic rings. The van der Waals surface area contributed by atoms with Gasteiger partial charge in [0.05, 0.1) is 21.2 Å². The number of pyridine rings is 1. The van der Waals surface area contributed by atoms with Gasteiger partial charge in [-0.3, -0.25) is 0 Å². The van der Waals surface area contributed by atoms with Crippen LogP contribution in [0.15, 0.2) is 30.5 Å². The smallest absolute Gasteiger partial charge is 0.487 e. The minimum absolute atomic E-state index is 0.295. The van der Waals surface area contributed by atoms with Crippen molar-refractivity contribution in [3.63, 3.8) is 0 Å². The number of benzene rings is 1. The maximum absolute atomic E-state index is 6.16. The van der Waals surface area contributed by atoms with Crippen LogP contribution in [0.1, 0.15) is 33.3 Å². The van der Waals surface area contributed by atoms with Gasteiger partial charge in [-0.25, -0.2) is 4.98 Å². The number of nitrogens with zero attached hydrogens (tertiary/aromatic N) is 1. The van der Waals surface area contributed by atoms with Crippen LogP contribution in [0.4, 0.5) is 0 Å². The predicted octanol–water partition coefficient (Wildman–Crippen LogP) is 4.45. The van der Waals surface area contributed by atoms with Gasteiger partial charge in [0.2, 0.25) is 5.88 Å². The molecule has 0 N–H and O–H groups in total. The molecule has 1 aromatic heterocycles. The summed E-state index contributed by atoms with van der Waals surface area (Å²) in [5.74, 6) is 0.951. The Morgan fingerprint density at radius 3 is 2.07 bits per heavy atom. The van der Waals surface area contributed by atoms with Crippen molar-refractivity contribution in [3.05, 3.63) is 46.1 Å². The summed E-state index contributed by atoms with van der Waals surface area (Å²) in [5, 5.41) is 0.963. The first-order chi connectivity index (χ1) is 13.1. The van der Waals surface area contributed by atoms with E-state index in [0.717, 1.165) is 11.0 Å². The topological polar surface area (TPSA) is 49.8 Å². The average molecular weight is 424 g/mol. The molecule has 150 valence electrons. The minimum Gasteiger partial charge on any atom is -0.487 e. The molecule has 1 aliphatic heterocycles. The summed E-state index contributed by atoms with van der Waals surface area (Å²) in [6, 6.07) is 7.28. The van der Waals surface area contributed by atoms with Gasteiger partial charge in [-0.15, -0.1) is 0 Å². The summed E-state index contributed by atoms with van der Waals surface area (Å²) < 4.78 is 23.3. The van der Waals surface area contributed by atoms with Gasteiger partial charge in [-0.2, -0.15) is 0 Å².